The molecule has 3 aliphatic heterocycles. The molecule has 2 aromatic rings. The van der Waals surface area contributed by atoms with Gasteiger partial charge in [-0.25, -0.2) is 13.6 Å². The van der Waals surface area contributed by atoms with E-state index < -0.39 is 17.2 Å². The number of likely N-dealkylation sites (tertiary alicyclic amines) is 2. The molecule has 2 saturated heterocycles. The number of rotatable bonds is 8. The predicted octanol–water partition coefficient (Wildman–Crippen LogP) is 4.47. The molecule has 3 aliphatic rings. The van der Waals surface area contributed by atoms with E-state index in [1.165, 1.54) is 12.1 Å². The normalized spacial score (nSPS) is 20.0. The van der Waals surface area contributed by atoms with Crippen molar-refractivity contribution in [2.75, 3.05) is 39.4 Å². The number of carbonyl (C=O) groups is 1. The third kappa shape index (κ3) is 5.14. The fourth-order valence-corrected chi connectivity index (χ4v) is 5.49. The minimum Gasteiger partial charge on any atom is -0.493 e. The number of carboxylic acids is 1. The van der Waals surface area contributed by atoms with Crippen LogP contribution < -0.4 is 9.47 Å². The third-order valence-electron chi connectivity index (χ3n) is 7.42. The SMILES string of the molecule is CCOc1cc(CN2CC3(CC(N4CCC(F)(C(=O)O)CC4)=NO3)C2)cc(OCC)c1-c1ccc(F)cc1. The Bertz CT molecular complexity index is 1180. The Balaban J connectivity index is 1.24. The molecule has 2 fully saturated rings. The van der Waals surface area contributed by atoms with Gasteiger partial charge in [-0.1, -0.05) is 17.3 Å². The van der Waals surface area contributed by atoms with E-state index in [2.05, 4.69) is 10.1 Å². The summed E-state index contributed by atoms with van der Waals surface area (Å²) in [6, 6.07) is 10.3. The molecule has 2 aromatic carbocycles. The van der Waals surface area contributed by atoms with E-state index in [1.807, 2.05) is 30.9 Å². The third-order valence-corrected chi connectivity index (χ3v) is 7.42. The fourth-order valence-electron chi connectivity index (χ4n) is 5.49. The van der Waals surface area contributed by atoms with E-state index in [1.54, 1.807) is 12.1 Å². The highest BCUT2D eigenvalue weighted by Gasteiger charge is 2.51. The Hall–Kier alpha value is -3.40. The molecule has 8 nitrogen and oxygen atoms in total. The Labute approximate surface area is 220 Å². The largest absolute Gasteiger partial charge is 0.493 e. The number of piperidine rings is 1. The predicted molar refractivity (Wildman–Crippen MR) is 138 cm³/mol. The molecule has 0 radical (unpaired) electrons. The van der Waals surface area contributed by atoms with E-state index in [-0.39, 0.29) is 18.7 Å². The van der Waals surface area contributed by atoms with E-state index in [0.29, 0.717) is 63.9 Å². The van der Waals surface area contributed by atoms with Gasteiger partial charge in [-0.3, -0.25) is 4.90 Å². The number of carboxylic acid groups (broad SMARTS) is 1. The molecule has 10 heteroatoms. The average Bonchev–Trinajstić information content (AvgIpc) is 3.31. The number of alkyl halides is 1. The van der Waals surface area contributed by atoms with Crippen molar-refractivity contribution in [1.29, 1.82) is 0 Å². The van der Waals surface area contributed by atoms with Crippen molar-refractivity contribution in [2.45, 2.75) is 50.9 Å². The molecule has 1 N–H and O–H groups in total. The molecule has 0 bridgehead atoms. The summed E-state index contributed by atoms with van der Waals surface area (Å²) in [5.74, 6) is 0.448. The van der Waals surface area contributed by atoms with Crippen LogP contribution in [-0.2, 0) is 16.2 Å². The highest BCUT2D eigenvalue weighted by molar-refractivity contribution is 5.85. The first-order chi connectivity index (χ1) is 18.2. The number of nitrogens with zero attached hydrogens (tertiary/aromatic N) is 3. The first kappa shape index (κ1) is 26.2. The molecule has 3 heterocycles. The van der Waals surface area contributed by atoms with Crippen LogP contribution in [0.25, 0.3) is 11.1 Å². The van der Waals surface area contributed by atoms with Gasteiger partial charge in [-0.05, 0) is 49.2 Å². The lowest BCUT2D eigenvalue weighted by molar-refractivity contribution is -0.153. The number of amidine groups is 1. The van der Waals surface area contributed by atoms with Crippen molar-refractivity contribution in [3.8, 4) is 22.6 Å². The summed E-state index contributed by atoms with van der Waals surface area (Å²) < 4.78 is 39.9. The summed E-state index contributed by atoms with van der Waals surface area (Å²) in [7, 11) is 0. The number of halogens is 2. The van der Waals surface area contributed by atoms with Gasteiger partial charge in [0.25, 0.3) is 0 Å². The first-order valence-corrected chi connectivity index (χ1v) is 13.1. The lowest BCUT2D eigenvalue weighted by Crippen LogP contribution is -2.61. The van der Waals surface area contributed by atoms with Crippen LogP contribution in [0.3, 0.4) is 0 Å². The maximum absolute atomic E-state index is 14.4. The van der Waals surface area contributed by atoms with E-state index in [4.69, 9.17) is 19.4 Å². The lowest BCUT2D eigenvalue weighted by atomic mass is 9.88. The van der Waals surface area contributed by atoms with Crippen molar-refractivity contribution in [2.24, 2.45) is 5.16 Å². The smallest absolute Gasteiger partial charge is 0.341 e. The molecular formula is C28H33F2N3O5. The number of ether oxygens (including phenoxy) is 2. The molecule has 0 atom stereocenters. The monoisotopic (exact) mass is 529 g/mol. The summed E-state index contributed by atoms with van der Waals surface area (Å²) in [6.45, 7) is 7.47. The van der Waals surface area contributed by atoms with Crippen LogP contribution in [0.15, 0.2) is 41.6 Å². The molecule has 0 aliphatic carbocycles. The average molecular weight is 530 g/mol. The second-order valence-electron chi connectivity index (χ2n) is 10.2. The van der Waals surface area contributed by atoms with Crippen molar-refractivity contribution < 1.29 is 33.0 Å². The van der Waals surface area contributed by atoms with Crippen LogP contribution >= 0.6 is 0 Å². The van der Waals surface area contributed by atoms with Crippen molar-refractivity contribution >= 4 is 11.8 Å². The van der Waals surface area contributed by atoms with Crippen LogP contribution in [0.5, 0.6) is 11.5 Å². The van der Waals surface area contributed by atoms with Crippen molar-refractivity contribution in [3.05, 3.63) is 47.8 Å². The van der Waals surface area contributed by atoms with Gasteiger partial charge in [0.1, 0.15) is 23.2 Å². The van der Waals surface area contributed by atoms with Gasteiger partial charge in [0.2, 0.25) is 5.67 Å². The molecule has 0 saturated carbocycles. The highest BCUT2D eigenvalue weighted by atomic mass is 19.1. The van der Waals surface area contributed by atoms with Gasteiger partial charge in [0.05, 0.1) is 25.2 Å². The van der Waals surface area contributed by atoms with Crippen molar-refractivity contribution in [1.82, 2.24) is 9.80 Å². The molecule has 5 rings (SSSR count). The van der Waals surface area contributed by atoms with E-state index in [9.17, 15) is 13.6 Å². The number of hydrogen-bond acceptors (Lipinski definition) is 7. The summed E-state index contributed by atoms with van der Waals surface area (Å²) in [5.41, 5.74) is 0.0837. The second kappa shape index (κ2) is 10.4. The second-order valence-corrected chi connectivity index (χ2v) is 10.2. The number of aliphatic carboxylic acids is 1. The van der Waals surface area contributed by atoms with Gasteiger partial charge in [0.15, 0.2) is 5.60 Å². The van der Waals surface area contributed by atoms with Crippen LogP contribution in [0.1, 0.15) is 38.7 Å². The molecule has 204 valence electrons. The Morgan fingerprint density at radius 3 is 2.24 bits per heavy atom. The maximum Gasteiger partial charge on any atom is 0.341 e. The molecule has 38 heavy (non-hydrogen) atoms. The molecule has 0 unspecified atom stereocenters. The number of benzene rings is 2. The Morgan fingerprint density at radius 1 is 1.08 bits per heavy atom. The van der Waals surface area contributed by atoms with Crippen LogP contribution in [0.2, 0.25) is 0 Å². The minimum absolute atomic E-state index is 0.0568. The number of hydrogen-bond donors (Lipinski definition) is 1. The van der Waals surface area contributed by atoms with Gasteiger partial charge < -0.3 is 24.3 Å². The summed E-state index contributed by atoms with van der Waals surface area (Å²) in [5, 5.41) is 13.4. The number of oxime groups is 1. The van der Waals surface area contributed by atoms with Gasteiger partial charge in [-0.15, -0.1) is 0 Å². The van der Waals surface area contributed by atoms with Gasteiger partial charge in [-0.2, -0.15) is 0 Å². The van der Waals surface area contributed by atoms with Crippen LogP contribution in [0, 0.1) is 5.82 Å². The quantitative estimate of drug-likeness (QED) is 0.540. The minimum atomic E-state index is -2.16. The topological polar surface area (TPSA) is 83.8 Å². The zero-order chi connectivity index (χ0) is 26.9. The van der Waals surface area contributed by atoms with E-state index >= 15 is 0 Å². The first-order valence-electron chi connectivity index (χ1n) is 13.1. The van der Waals surface area contributed by atoms with Gasteiger partial charge in [0, 0.05) is 45.6 Å². The van der Waals surface area contributed by atoms with Crippen LogP contribution in [-0.4, -0.2) is 77.4 Å². The van der Waals surface area contributed by atoms with E-state index in [0.717, 1.165) is 22.5 Å². The summed E-state index contributed by atoms with van der Waals surface area (Å²) in [6.07, 6.45) is 0.505. The zero-order valence-corrected chi connectivity index (χ0v) is 21.7. The Morgan fingerprint density at radius 2 is 1.68 bits per heavy atom. The molecular weight excluding hydrogens is 496 g/mol. The van der Waals surface area contributed by atoms with Crippen molar-refractivity contribution in [3.63, 3.8) is 0 Å². The molecule has 0 aromatic heterocycles. The fraction of sp³-hybridized carbons (Fsp3) is 0.500. The summed E-state index contributed by atoms with van der Waals surface area (Å²) >= 11 is 0. The molecule has 0 amide bonds. The maximum atomic E-state index is 14.4. The Kier molecular flexibility index (Phi) is 7.17. The highest BCUT2D eigenvalue weighted by Crippen LogP contribution is 2.42. The standard InChI is InChI=1S/C28H33F2N3O5/c1-3-36-22-13-19(14-23(37-4-2)25(22)20-5-7-21(29)8-6-20)16-32-17-27(18-32)15-24(31-38-27)33-11-9-28(30,10-12-33)26(34)35/h5-8,13-14H,3-4,9-12,15-18H2,1-2H3,(H,34,35). The molecule has 1 spiro atoms. The van der Waals surface area contributed by atoms with Gasteiger partial charge >= 0.3 is 5.97 Å². The van der Waals surface area contributed by atoms with Crippen LogP contribution in [0.4, 0.5) is 8.78 Å². The summed E-state index contributed by atoms with van der Waals surface area (Å²) in [4.78, 5) is 21.2. The zero-order valence-electron chi connectivity index (χ0n) is 21.7. The lowest BCUT2D eigenvalue weighted by Gasteiger charge is -2.45.